The molecule has 5 nitrogen and oxygen atoms in total. The Balaban J connectivity index is 0.00000338. The first-order valence-corrected chi connectivity index (χ1v) is 9.66. The second-order valence-electron chi connectivity index (χ2n) is 6.49. The van der Waals surface area contributed by atoms with E-state index in [1.165, 1.54) is 31.4 Å². The lowest BCUT2D eigenvalue weighted by Gasteiger charge is -2.34. The van der Waals surface area contributed by atoms with Gasteiger partial charge in [0.05, 0.1) is 13.7 Å². The van der Waals surface area contributed by atoms with E-state index < -0.39 is 0 Å². The number of rotatable bonds is 8. The van der Waals surface area contributed by atoms with E-state index in [4.69, 9.17) is 9.73 Å². The van der Waals surface area contributed by atoms with E-state index in [-0.39, 0.29) is 24.0 Å². The number of likely N-dealkylation sites (N-methyl/N-ethyl adjacent to an activating group) is 1. The Hall–Kier alpha value is -1.02. The molecular weight excluding hydrogens is 439 g/mol. The highest BCUT2D eigenvalue weighted by Crippen LogP contribution is 2.18. The molecule has 1 aromatic carbocycles. The van der Waals surface area contributed by atoms with Crippen LogP contribution < -0.4 is 15.4 Å². The van der Waals surface area contributed by atoms with Crippen LogP contribution in [0.15, 0.2) is 29.3 Å². The summed E-state index contributed by atoms with van der Waals surface area (Å²) < 4.78 is 5.42. The second kappa shape index (κ2) is 13.2. The lowest BCUT2D eigenvalue weighted by atomic mass is 10.0. The van der Waals surface area contributed by atoms with Crippen LogP contribution in [-0.2, 0) is 6.42 Å². The molecule has 1 atom stereocenters. The van der Waals surface area contributed by atoms with E-state index in [1.54, 1.807) is 7.11 Å². The molecule has 2 N–H and O–H groups in total. The molecule has 0 bridgehead atoms. The summed E-state index contributed by atoms with van der Waals surface area (Å²) in [6.07, 6.45) is 4.83. The molecule has 1 aliphatic heterocycles. The van der Waals surface area contributed by atoms with Gasteiger partial charge in [-0.15, -0.1) is 24.0 Å². The van der Waals surface area contributed by atoms with Crippen LogP contribution in [0.25, 0.3) is 0 Å². The van der Waals surface area contributed by atoms with Crippen LogP contribution in [0.3, 0.4) is 0 Å². The number of hydrogen-bond donors (Lipinski definition) is 2. The normalized spacial score (nSPS) is 18.1. The van der Waals surface area contributed by atoms with Crippen LogP contribution in [0, 0.1) is 0 Å². The van der Waals surface area contributed by atoms with Crippen molar-refractivity contribution in [2.75, 3.05) is 39.8 Å². The third-order valence-corrected chi connectivity index (χ3v) is 4.84. The van der Waals surface area contributed by atoms with E-state index in [0.29, 0.717) is 6.04 Å². The summed E-state index contributed by atoms with van der Waals surface area (Å²) in [5.74, 6) is 1.87. The number of hydrogen-bond acceptors (Lipinski definition) is 3. The first-order valence-electron chi connectivity index (χ1n) is 9.66. The molecule has 1 aromatic rings. The Labute approximate surface area is 176 Å². The number of nitrogens with zero attached hydrogens (tertiary/aromatic N) is 2. The minimum Gasteiger partial charge on any atom is -0.496 e. The first-order chi connectivity index (χ1) is 12.3. The Bertz CT molecular complexity index is 538. The molecule has 2 rings (SSSR count). The van der Waals surface area contributed by atoms with Gasteiger partial charge in [0.25, 0.3) is 0 Å². The second-order valence-corrected chi connectivity index (χ2v) is 6.49. The van der Waals surface area contributed by atoms with E-state index in [9.17, 15) is 0 Å². The lowest BCUT2D eigenvalue weighted by molar-refractivity contribution is 0.161. The molecule has 1 saturated heterocycles. The Morgan fingerprint density at radius 2 is 2.04 bits per heavy atom. The molecule has 1 fully saturated rings. The molecule has 0 spiro atoms. The zero-order valence-electron chi connectivity index (χ0n) is 16.5. The van der Waals surface area contributed by atoms with Gasteiger partial charge in [-0.2, -0.15) is 0 Å². The molecule has 0 saturated carbocycles. The number of aliphatic imine (C=N–C) groups is 1. The van der Waals surface area contributed by atoms with Crippen LogP contribution in [-0.4, -0.2) is 56.7 Å². The monoisotopic (exact) mass is 474 g/mol. The first kappa shape index (κ1) is 23.0. The van der Waals surface area contributed by atoms with Crippen LogP contribution in [0.1, 0.15) is 38.7 Å². The molecule has 0 amide bonds. The van der Waals surface area contributed by atoms with Crippen molar-refractivity contribution in [1.82, 2.24) is 15.5 Å². The number of piperidine rings is 1. The quantitative estimate of drug-likeness (QED) is 0.345. The zero-order valence-corrected chi connectivity index (χ0v) is 18.8. The minimum atomic E-state index is 0. The summed E-state index contributed by atoms with van der Waals surface area (Å²) in [6.45, 7) is 9.29. The van der Waals surface area contributed by atoms with Crippen molar-refractivity contribution < 1.29 is 4.74 Å². The van der Waals surface area contributed by atoms with Crippen LogP contribution in [0.4, 0.5) is 0 Å². The molecule has 6 heteroatoms. The maximum atomic E-state index is 5.42. The van der Waals surface area contributed by atoms with Crippen molar-refractivity contribution in [2.45, 2.75) is 45.6 Å². The van der Waals surface area contributed by atoms with E-state index in [0.717, 1.165) is 44.3 Å². The van der Waals surface area contributed by atoms with Gasteiger partial charge in [-0.25, -0.2) is 0 Å². The maximum Gasteiger partial charge on any atom is 0.191 e. The third-order valence-electron chi connectivity index (χ3n) is 4.84. The van der Waals surface area contributed by atoms with Crippen molar-refractivity contribution in [3.63, 3.8) is 0 Å². The Morgan fingerprint density at radius 3 is 2.77 bits per heavy atom. The summed E-state index contributed by atoms with van der Waals surface area (Å²) >= 11 is 0. The number of ether oxygens (including phenoxy) is 1. The number of halogens is 1. The average Bonchev–Trinajstić information content (AvgIpc) is 2.66. The molecular formula is C20H35IN4O. The van der Waals surface area contributed by atoms with Gasteiger partial charge >= 0.3 is 0 Å². The van der Waals surface area contributed by atoms with Crippen LogP contribution >= 0.6 is 24.0 Å². The van der Waals surface area contributed by atoms with Crippen molar-refractivity contribution in [1.29, 1.82) is 0 Å². The standard InChI is InChI=1S/C20H34N4O.HI/c1-4-21-20(23-16-18-11-8-9-15-24(18)5-2)22-14-13-17-10-6-7-12-19(17)25-3;/h6-7,10,12,18H,4-5,8-9,11,13-16H2,1-3H3,(H2,21,22,23);1H. The highest BCUT2D eigenvalue weighted by atomic mass is 127. The molecule has 148 valence electrons. The van der Waals surface area contributed by atoms with Gasteiger partial charge in [-0.1, -0.05) is 31.5 Å². The number of nitrogens with one attached hydrogen (secondary N) is 2. The fourth-order valence-corrected chi connectivity index (χ4v) is 3.45. The van der Waals surface area contributed by atoms with Gasteiger partial charge in [0, 0.05) is 19.1 Å². The predicted molar refractivity (Wildman–Crippen MR) is 121 cm³/mol. The predicted octanol–water partition coefficient (Wildman–Crippen LogP) is 3.29. The zero-order chi connectivity index (χ0) is 17.9. The van der Waals surface area contributed by atoms with E-state index in [1.807, 2.05) is 12.1 Å². The molecule has 26 heavy (non-hydrogen) atoms. The number of guanidine groups is 1. The number of benzene rings is 1. The minimum absolute atomic E-state index is 0. The van der Waals surface area contributed by atoms with Crippen molar-refractivity contribution >= 4 is 29.9 Å². The SMILES string of the molecule is CCNC(=NCC1CCCCN1CC)NCCc1ccccc1OC.I. The number of methoxy groups -OCH3 is 1. The molecule has 1 unspecified atom stereocenters. The molecule has 1 aliphatic rings. The van der Waals surface area contributed by atoms with Crippen LogP contribution in [0.5, 0.6) is 5.75 Å². The smallest absolute Gasteiger partial charge is 0.191 e. The fraction of sp³-hybridized carbons (Fsp3) is 0.650. The third kappa shape index (κ3) is 7.31. The fourth-order valence-electron chi connectivity index (χ4n) is 3.45. The summed E-state index contributed by atoms with van der Waals surface area (Å²) in [5.41, 5.74) is 1.22. The Morgan fingerprint density at radius 1 is 1.23 bits per heavy atom. The van der Waals surface area contributed by atoms with Gasteiger partial charge in [0.2, 0.25) is 0 Å². The highest BCUT2D eigenvalue weighted by molar-refractivity contribution is 14.0. The number of likely N-dealkylation sites (tertiary alicyclic amines) is 1. The van der Waals surface area contributed by atoms with Gasteiger partial charge in [-0.05, 0) is 50.9 Å². The van der Waals surface area contributed by atoms with Gasteiger partial charge in [-0.3, -0.25) is 9.89 Å². The van der Waals surface area contributed by atoms with Crippen molar-refractivity contribution in [3.8, 4) is 5.75 Å². The van der Waals surface area contributed by atoms with E-state index >= 15 is 0 Å². The summed E-state index contributed by atoms with van der Waals surface area (Å²) in [7, 11) is 1.72. The number of para-hydroxylation sites is 1. The van der Waals surface area contributed by atoms with Crippen LogP contribution in [0.2, 0.25) is 0 Å². The lowest BCUT2D eigenvalue weighted by Crippen LogP contribution is -2.43. The van der Waals surface area contributed by atoms with Crippen molar-refractivity contribution in [2.24, 2.45) is 4.99 Å². The summed E-state index contributed by atoms with van der Waals surface area (Å²) in [6, 6.07) is 8.77. The molecule has 0 aromatic heterocycles. The van der Waals surface area contributed by atoms with Gasteiger partial charge in [0.1, 0.15) is 5.75 Å². The summed E-state index contributed by atoms with van der Waals surface area (Å²) in [4.78, 5) is 7.39. The molecule has 0 radical (unpaired) electrons. The van der Waals surface area contributed by atoms with Gasteiger partial charge < -0.3 is 15.4 Å². The Kier molecular flexibility index (Phi) is 11.7. The van der Waals surface area contributed by atoms with Gasteiger partial charge in [0.15, 0.2) is 5.96 Å². The topological polar surface area (TPSA) is 48.9 Å². The summed E-state index contributed by atoms with van der Waals surface area (Å²) in [5, 5.41) is 6.82. The van der Waals surface area contributed by atoms with E-state index in [2.05, 4.69) is 41.5 Å². The largest absolute Gasteiger partial charge is 0.496 e. The molecule has 0 aliphatic carbocycles. The van der Waals surface area contributed by atoms with Crippen molar-refractivity contribution in [3.05, 3.63) is 29.8 Å². The average molecular weight is 474 g/mol. The molecule has 1 heterocycles. The maximum absolute atomic E-state index is 5.42. The highest BCUT2D eigenvalue weighted by Gasteiger charge is 2.20.